The summed E-state index contributed by atoms with van der Waals surface area (Å²) in [6.45, 7) is 7.83. The number of alkyl halides is 3. The molecule has 0 radical (unpaired) electrons. The lowest BCUT2D eigenvalue weighted by atomic mass is 9.96. The molecule has 2 aliphatic rings. The van der Waals surface area contributed by atoms with Crippen molar-refractivity contribution in [2.24, 2.45) is 0 Å². The number of nitrogens with zero attached hydrogens (tertiary/aromatic N) is 7. The van der Waals surface area contributed by atoms with Crippen LogP contribution in [0.25, 0.3) is 33.1 Å². The first-order valence-corrected chi connectivity index (χ1v) is 16.0. The Labute approximate surface area is 270 Å². The number of fused-ring (bicyclic) bond motifs is 1. The monoisotopic (exact) mass is 663 g/mol. The fourth-order valence-corrected chi connectivity index (χ4v) is 8.18. The summed E-state index contributed by atoms with van der Waals surface area (Å²) in [6.07, 6.45) is -0.267. The van der Waals surface area contributed by atoms with Gasteiger partial charge < -0.3 is 9.80 Å². The lowest BCUT2D eigenvalue weighted by molar-refractivity contribution is -0.137. The van der Waals surface area contributed by atoms with Gasteiger partial charge >= 0.3 is 11.9 Å². The molecule has 3 atom stereocenters. The topological polar surface area (TPSA) is 89.2 Å². The van der Waals surface area contributed by atoms with Crippen molar-refractivity contribution < 1.29 is 22.4 Å². The zero-order valence-corrected chi connectivity index (χ0v) is 26.2. The van der Waals surface area contributed by atoms with Gasteiger partial charge in [-0.05, 0) is 55.8 Å². The van der Waals surface area contributed by atoms with Crippen LogP contribution in [-0.4, -0.2) is 66.0 Å². The van der Waals surface area contributed by atoms with Crippen molar-refractivity contribution in [3.05, 3.63) is 89.4 Å². The van der Waals surface area contributed by atoms with Gasteiger partial charge in [0.2, 0.25) is 5.91 Å². The maximum atomic E-state index is 15.0. The molecule has 47 heavy (non-hydrogen) atoms. The molecule has 0 aliphatic carbocycles. The molecular formula is C33H29F4N7O2S. The fourth-order valence-electron chi connectivity index (χ4n) is 6.85. The molecule has 242 valence electrons. The van der Waals surface area contributed by atoms with Crippen LogP contribution in [-0.2, 0) is 17.5 Å². The molecule has 14 heteroatoms. The molecule has 2 aromatic carbocycles. The quantitative estimate of drug-likeness (QED) is 0.174. The van der Waals surface area contributed by atoms with Crippen molar-refractivity contribution in [1.82, 2.24) is 29.2 Å². The van der Waals surface area contributed by atoms with Crippen LogP contribution in [0, 0.1) is 5.82 Å². The zero-order valence-electron chi connectivity index (χ0n) is 25.4. The van der Waals surface area contributed by atoms with Crippen LogP contribution in [0.3, 0.4) is 0 Å². The van der Waals surface area contributed by atoms with Crippen molar-refractivity contribution in [1.29, 1.82) is 0 Å². The Balaban J connectivity index is 1.48. The van der Waals surface area contributed by atoms with Crippen LogP contribution in [0.1, 0.15) is 25.5 Å². The van der Waals surface area contributed by atoms with Crippen LogP contribution in [0.5, 0.6) is 0 Å². The van der Waals surface area contributed by atoms with Crippen molar-refractivity contribution >= 4 is 45.4 Å². The second-order valence-electron chi connectivity index (χ2n) is 11.9. The highest BCUT2D eigenvalue weighted by molar-refractivity contribution is 7.99. The molecule has 1 fully saturated rings. The molecule has 2 aliphatic heterocycles. The first kappa shape index (κ1) is 30.9. The molecule has 1 unspecified atom stereocenters. The fraction of sp³-hybridized carbons (Fsp3) is 0.303. The number of amides is 1. The molecule has 1 saturated heterocycles. The lowest BCUT2D eigenvalue weighted by Gasteiger charge is -2.44. The Hall–Kier alpha value is -4.72. The van der Waals surface area contributed by atoms with Gasteiger partial charge in [-0.25, -0.2) is 18.9 Å². The van der Waals surface area contributed by atoms with Gasteiger partial charge in [0.25, 0.3) is 0 Å². The third-order valence-electron chi connectivity index (χ3n) is 8.80. The Kier molecular flexibility index (Phi) is 7.57. The van der Waals surface area contributed by atoms with Gasteiger partial charge in [-0.15, -0.1) is 11.8 Å². The molecule has 1 amide bonds. The summed E-state index contributed by atoms with van der Waals surface area (Å²) in [4.78, 5) is 39.2. The van der Waals surface area contributed by atoms with Crippen LogP contribution in [0.2, 0.25) is 0 Å². The minimum atomic E-state index is -4.79. The van der Waals surface area contributed by atoms with Crippen LogP contribution in [0.15, 0.2) is 77.2 Å². The zero-order chi connectivity index (χ0) is 33.2. The highest BCUT2D eigenvalue weighted by Gasteiger charge is 2.40. The van der Waals surface area contributed by atoms with E-state index >= 15 is 13.2 Å². The van der Waals surface area contributed by atoms with E-state index in [0.717, 1.165) is 23.6 Å². The van der Waals surface area contributed by atoms with Crippen molar-refractivity contribution in [2.75, 3.05) is 23.7 Å². The van der Waals surface area contributed by atoms with E-state index in [-0.39, 0.29) is 70.6 Å². The summed E-state index contributed by atoms with van der Waals surface area (Å²) in [5.74, 6) is -0.448. The van der Waals surface area contributed by atoms with Gasteiger partial charge in [-0.3, -0.25) is 9.36 Å². The normalized spacial score (nSPS) is 20.1. The number of anilines is 1. The summed E-state index contributed by atoms with van der Waals surface area (Å²) in [7, 11) is 0. The van der Waals surface area contributed by atoms with Gasteiger partial charge in [0.15, 0.2) is 5.65 Å². The number of aromatic nitrogens is 5. The molecule has 5 aromatic rings. The smallest absolute Gasteiger partial charge is 0.352 e. The number of benzene rings is 2. The standard InChI is InChI=1S/C33H29F4N7O2S/c1-4-26(45)43-18(2)14-41(15-19(43)3)31-24-12-25(33(35,36)37)27(20-7-9-22(34)10-8-20)29-28(24)42(32(46)40-31)16-23(17-47-29)44-30-21(13-39-44)6-5-11-38-30/h4-13,18-19,23H,1,14-17H2,2-3H3/t18-,19+,23?. The second-order valence-corrected chi connectivity index (χ2v) is 12.9. The molecule has 9 nitrogen and oxygen atoms in total. The largest absolute Gasteiger partial charge is 0.417 e. The molecule has 7 rings (SSSR count). The second kappa shape index (κ2) is 11.5. The first-order valence-electron chi connectivity index (χ1n) is 15.0. The summed E-state index contributed by atoms with van der Waals surface area (Å²) < 4.78 is 62.3. The van der Waals surface area contributed by atoms with Crippen LogP contribution >= 0.6 is 11.8 Å². The van der Waals surface area contributed by atoms with Crippen LogP contribution < -0.4 is 10.6 Å². The van der Waals surface area contributed by atoms with E-state index in [0.29, 0.717) is 11.2 Å². The average molecular weight is 664 g/mol. The van der Waals surface area contributed by atoms with Crippen molar-refractivity contribution in [3.63, 3.8) is 0 Å². The molecule has 0 saturated carbocycles. The van der Waals surface area contributed by atoms with Crippen LogP contribution in [0.4, 0.5) is 23.4 Å². The minimum Gasteiger partial charge on any atom is -0.352 e. The van der Waals surface area contributed by atoms with E-state index in [2.05, 4.69) is 21.6 Å². The average Bonchev–Trinajstić information content (AvgIpc) is 3.36. The van der Waals surface area contributed by atoms with E-state index in [1.807, 2.05) is 19.9 Å². The number of carbonyl (C=O) groups is 1. The summed E-state index contributed by atoms with van der Waals surface area (Å²) in [5, 5.41) is 5.49. The molecular weight excluding hydrogens is 634 g/mol. The third-order valence-corrected chi connectivity index (χ3v) is 10.0. The number of carbonyl (C=O) groups excluding carboxylic acids is 1. The molecule has 0 bridgehead atoms. The summed E-state index contributed by atoms with van der Waals surface area (Å²) in [6, 6.07) is 8.45. The number of rotatable bonds is 4. The lowest BCUT2D eigenvalue weighted by Crippen LogP contribution is -2.58. The molecule has 0 spiro atoms. The SMILES string of the molecule is C=CC(=O)N1[C@H](C)CN(c2nc(=O)n3c4c(c(-c5ccc(F)cc5)c(C(F)(F)F)cc24)SCC(n2ncc4cccnc42)C3)C[C@@H]1C. The molecule has 0 N–H and O–H groups in total. The van der Waals surface area contributed by atoms with E-state index < -0.39 is 29.3 Å². The summed E-state index contributed by atoms with van der Waals surface area (Å²) in [5.41, 5.74) is -0.604. The molecule has 3 aromatic heterocycles. The number of hydrogen-bond donors (Lipinski definition) is 0. The first-order chi connectivity index (χ1) is 22.5. The highest BCUT2D eigenvalue weighted by atomic mass is 32.2. The van der Waals surface area contributed by atoms with Gasteiger partial charge in [0.05, 0.1) is 29.9 Å². The van der Waals surface area contributed by atoms with Gasteiger partial charge in [-0.1, -0.05) is 18.7 Å². The Morgan fingerprint density at radius 3 is 2.49 bits per heavy atom. The van der Waals surface area contributed by atoms with E-state index in [1.54, 1.807) is 32.9 Å². The van der Waals surface area contributed by atoms with Crippen molar-refractivity contribution in [3.8, 4) is 11.1 Å². The van der Waals surface area contributed by atoms with Gasteiger partial charge in [0, 0.05) is 58.4 Å². The van der Waals surface area contributed by atoms with E-state index in [9.17, 15) is 14.0 Å². The number of halogens is 4. The summed E-state index contributed by atoms with van der Waals surface area (Å²) >= 11 is 1.19. The maximum absolute atomic E-state index is 15.0. The van der Waals surface area contributed by atoms with Gasteiger partial charge in [0.1, 0.15) is 11.6 Å². The predicted octanol–water partition coefficient (Wildman–Crippen LogP) is 5.92. The Morgan fingerprint density at radius 1 is 1.09 bits per heavy atom. The minimum absolute atomic E-state index is 0.0820. The highest BCUT2D eigenvalue weighted by Crippen LogP contribution is 2.49. The van der Waals surface area contributed by atoms with Gasteiger partial charge in [-0.2, -0.15) is 23.3 Å². The Bertz CT molecular complexity index is 2100. The number of thioether (sulfide) groups is 1. The molecule has 5 heterocycles. The number of pyridine rings is 1. The third kappa shape index (κ3) is 5.24. The van der Waals surface area contributed by atoms with Crippen molar-refractivity contribution in [2.45, 2.75) is 49.6 Å². The maximum Gasteiger partial charge on any atom is 0.417 e. The van der Waals surface area contributed by atoms with E-state index in [4.69, 9.17) is 0 Å². The Morgan fingerprint density at radius 2 is 1.81 bits per heavy atom. The number of piperazine rings is 1. The predicted molar refractivity (Wildman–Crippen MR) is 172 cm³/mol. The number of hydrogen-bond acceptors (Lipinski definition) is 7. The van der Waals surface area contributed by atoms with E-state index in [1.165, 1.54) is 34.5 Å².